The minimum atomic E-state index is 0.396. The number of ether oxygens (including phenoxy) is 1. The van der Waals surface area contributed by atoms with Crippen LogP contribution < -0.4 is 5.32 Å². The zero-order chi connectivity index (χ0) is 10.9. The molecule has 0 aliphatic carbocycles. The van der Waals surface area contributed by atoms with Gasteiger partial charge in [0.15, 0.2) is 0 Å². The summed E-state index contributed by atoms with van der Waals surface area (Å²) < 4.78 is 5.61. The molecule has 0 bridgehead atoms. The highest BCUT2D eigenvalue weighted by Crippen LogP contribution is 2.35. The fraction of sp³-hybridized carbons (Fsp3) is 1.00. The summed E-state index contributed by atoms with van der Waals surface area (Å²) in [4.78, 5) is 0. The van der Waals surface area contributed by atoms with E-state index in [0.717, 1.165) is 6.61 Å². The third kappa shape index (κ3) is 2.69. The van der Waals surface area contributed by atoms with Gasteiger partial charge >= 0.3 is 0 Å². The second kappa shape index (κ2) is 4.64. The number of rotatable bonds is 2. The van der Waals surface area contributed by atoms with Crippen molar-refractivity contribution in [2.45, 2.75) is 51.8 Å². The first-order valence-corrected chi connectivity index (χ1v) is 7.20. The second-order valence-electron chi connectivity index (χ2n) is 5.50. The van der Waals surface area contributed by atoms with Gasteiger partial charge in [-0.25, -0.2) is 0 Å². The maximum atomic E-state index is 5.61. The van der Waals surface area contributed by atoms with E-state index in [1.165, 1.54) is 24.3 Å². The molecule has 0 aromatic heterocycles. The van der Waals surface area contributed by atoms with Crippen molar-refractivity contribution in [2.75, 3.05) is 18.1 Å². The van der Waals surface area contributed by atoms with Gasteiger partial charge in [0.25, 0.3) is 0 Å². The van der Waals surface area contributed by atoms with Gasteiger partial charge in [0.05, 0.1) is 6.10 Å². The van der Waals surface area contributed by atoms with Gasteiger partial charge in [-0.05, 0) is 30.9 Å². The molecule has 0 radical (unpaired) electrons. The molecule has 2 aliphatic heterocycles. The Labute approximate surface area is 97.5 Å². The molecule has 88 valence electrons. The van der Waals surface area contributed by atoms with Crippen LogP contribution in [0.25, 0.3) is 0 Å². The molecule has 2 fully saturated rings. The molecule has 0 amide bonds. The first kappa shape index (κ1) is 11.7. The van der Waals surface area contributed by atoms with Crippen molar-refractivity contribution in [3.05, 3.63) is 0 Å². The highest BCUT2D eigenvalue weighted by molar-refractivity contribution is 7.99. The Morgan fingerprint density at radius 3 is 2.80 bits per heavy atom. The van der Waals surface area contributed by atoms with E-state index in [4.69, 9.17) is 4.74 Å². The summed E-state index contributed by atoms with van der Waals surface area (Å²) in [6.45, 7) is 7.91. The fourth-order valence-corrected chi connectivity index (χ4v) is 4.04. The minimum Gasteiger partial charge on any atom is -0.377 e. The predicted octanol–water partition coefficient (Wildman–Crippen LogP) is 2.29. The smallest absolute Gasteiger partial charge is 0.0700 e. The van der Waals surface area contributed by atoms with Gasteiger partial charge in [0.1, 0.15) is 0 Å². The molecule has 0 aromatic carbocycles. The van der Waals surface area contributed by atoms with Crippen LogP contribution in [0.15, 0.2) is 0 Å². The maximum absolute atomic E-state index is 5.61. The van der Waals surface area contributed by atoms with Crippen LogP contribution in [0.2, 0.25) is 0 Å². The molecule has 3 atom stereocenters. The molecule has 2 rings (SSSR count). The molecule has 0 saturated carbocycles. The number of thioether (sulfide) groups is 1. The average Bonchev–Trinajstić information content (AvgIpc) is 2.56. The minimum absolute atomic E-state index is 0.396. The highest BCUT2D eigenvalue weighted by atomic mass is 32.2. The number of hydrogen-bond acceptors (Lipinski definition) is 3. The largest absolute Gasteiger partial charge is 0.377 e. The van der Waals surface area contributed by atoms with Crippen molar-refractivity contribution in [2.24, 2.45) is 5.41 Å². The van der Waals surface area contributed by atoms with Crippen LogP contribution in [0.3, 0.4) is 0 Å². The fourth-order valence-electron chi connectivity index (χ4n) is 2.42. The molecule has 2 saturated heterocycles. The van der Waals surface area contributed by atoms with Gasteiger partial charge < -0.3 is 10.1 Å². The Balaban J connectivity index is 1.92. The van der Waals surface area contributed by atoms with E-state index in [1.54, 1.807) is 0 Å². The van der Waals surface area contributed by atoms with Gasteiger partial charge in [-0.2, -0.15) is 11.8 Å². The molecule has 3 heteroatoms. The number of hydrogen-bond donors (Lipinski definition) is 1. The summed E-state index contributed by atoms with van der Waals surface area (Å²) in [7, 11) is 0. The van der Waals surface area contributed by atoms with Crippen LogP contribution in [0.4, 0.5) is 0 Å². The molecule has 2 heterocycles. The Hall–Kier alpha value is 0.270. The zero-order valence-electron chi connectivity index (χ0n) is 10.1. The summed E-state index contributed by atoms with van der Waals surface area (Å²) in [6.07, 6.45) is 2.91. The summed E-state index contributed by atoms with van der Waals surface area (Å²) in [5.74, 6) is 2.58. The van der Waals surface area contributed by atoms with Crippen molar-refractivity contribution in [1.29, 1.82) is 0 Å². The van der Waals surface area contributed by atoms with Crippen molar-refractivity contribution in [3.63, 3.8) is 0 Å². The first-order chi connectivity index (χ1) is 7.09. The Morgan fingerprint density at radius 1 is 1.40 bits per heavy atom. The Bertz CT molecular complexity index is 220. The van der Waals surface area contributed by atoms with Crippen LogP contribution in [0.1, 0.15) is 33.6 Å². The molecular weight excluding hydrogens is 206 g/mol. The third-order valence-corrected chi connectivity index (χ3v) is 4.97. The van der Waals surface area contributed by atoms with Crippen molar-refractivity contribution < 1.29 is 4.74 Å². The topological polar surface area (TPSA) is 21.3 Å². The summed E-state index contributed by atoms with van der Waals surface area (Å²) in [5, 5.41) is 3.81. The number of nitrogens with one attached hydrogen (secondary N) is 1. The summed E-state index contributed by atoms with van der Waals surface area (Å²) >= 11 is 2.09. The summed E-state index contributed by atoms with van der Waals surface area (Å²) in [5.41, 5.74) is 0.452. The average molecular weight is 229 g/mol. The first-order valence-electron chi connectivity index (χ1n) is 6.05. The Morgan fingerprint density at radius 2 is 2.20 bits per heavy atom. The van der Waals surface area contributed by atoms with E-state index in [0.29, 0.717) is 23.6 Å². The molecule has 15 heavy (non-hydrogen) atoms. The lowest BCUT2D eigenvalue weighted by atomic mass is 9.81. The van der Waals surface area contributed by atoms with E-state index < -0.39 is 0 Å². The lowest BCUT2D eigenvalue weighted by Gasteiger charge is -2.40. The van der Waals surface area contributed by atoms with Gasteiger partial charge in [0, 0.05) is 24.4 Å². The van der Waals surface area contributed by atoms with E-state index in [9.17, 15) is 0 Å². The Kier molecular flexibility index (Phi) is 3.63. The SMILES string of the molecule is CC1OCCC1NC1CSCCC1(C)C. The standard InChI is InChI=1S/C12H23NOS/c1-9-10(4-6-14-9)13-11-8-15-7-5-12(11,2)3/h9-11,13H,4-8H2,1-3H3. The lowest BCUT2D eigenvalue weighted by molar-refractivity contribution is 0.105. The summed E-state index contributed by atoms with van der Waals surface area (Å²) in [6, 6.07) is 1.23. The van der Waals surface area contributed by atoms with Gasteiger partial charge in [-0.1, -0.05) is 13.8 Å². The van der Waals surface area contributed by atoms with Gasteiger partial charge in [-0.3, -0.25) is 0 Å². The van der Waals surface area contributed by atoms with Gasteiger partial charge in [-0.15, -0.1) is 0 Å². The van der Waals surface area contributed by atoms with Crippen LogP contribution in [0, 0.1) is 5.41 Å². The van der Waals surface area contributed by atoms with Crippen molar-refractivity contribution in [1.82, 2.24) is 5.32 Å². The van der Waals surface area contributed by atoms with Crippen LogP contribution in [-0.2, 0) is 4.74 Å². The lowest BCUT2D eigenvalue weighted by Crippen LogP contribution is -2.52. The van der Waals surface area contributed by atoms with Gasteiger partial charge in [0.2, 0.25) is 0 Å². The zero-order valence-corrected chi connectivity index (χ0v) is 10.9. The molecule has 3 unspecified atom stereocenters. The predicted molar refractivity (Wildman–Crippen MR) is 66.5 cm³/mol. The molecule has 0 spiro atoms. The third-order valence-electron chi connectivity index (χ3n) is 3.91. The van der Waals surface area contributed by atoms with E-state index in [2.05, 4.69) is 37.8 Å². The van der Waals surface area contributed by atoms with Crippen molar-refractivity contribution in [3.8, 4) is 0 Å². The van der Waals surface area contributed by atoms with E-state index in [-0.39, 0.29) is 0 Å². The van der Waals surface area contributed by atoms with Crippen LogP contribution in [-0.4, -0.2) is 36.3 Å². The molecule has 0 aromatic rings. The normalized spacial score (nSPS) is 40.6. The molecule has 2 nitrogen and oxygen atoms in total. The monoisotopic (exact) mass is 229 g/mol. The quantitative estimate of drug-likeness (QED) is 0.785. The molecule has 1 N–H and O–H groups in total. The second-order valence-corrected chi connectivity index (χ2v) is 6.65. The molecular formula is C12H23NOS. The molecule has 2 aliphatic rings. The van der Waals surface area contributed by atoms with Crippen molar-refractivity contribution >= 4 is 11.8 Å². The van der Waals surface area contributed by atoms with E-state index in [1.807, 2.05) is 0 Å². The maximum Gasteiger partial charge on any atom is 0.0700 e. The van der Waals surface area contributed by atoms with E-state index >= 15 is 0 Å². The van der Waals surface area contributed by atoms with Crippen LogP contribution in [0.5, 0.6) is 0 Å². The van der Waals surface area contributed by atoms with Crippen LogP contribution >= 0.6 is 11.8 Å². The highest BCUT2D eigenvalue weighted by Gasteiger charge is 2.36.